The molecule has 1 aliphatic heterocycles. The fourth-order valence-electron chi connectivity index (χ4n) is 3.60. The summed E-state index contributed by atoms with van der Waals surface area (Å²) in [6.45, 7) is 4.79. The molecular formula is C23H32ClIN4O3. The van der Waals surface area contributed by atoms with Crippen molar-refractivity contribution in [3.63, 3.8) is 0 Å². The van der Waals surface area contributed by atoms with Crippen LogP contribution in [-0.4, -0.2) is 57.5 Å². The normalized spacial score (nSPS) is 16.8. The number of anilines is 1. The molecule has 0 spiro atoms. The molecule has 0 amide bonds. The number of methoxy groups -OCH3 is 2. The number of guanidine groups is 1. The second kappa shape index (κ2) is 13.0. The van der Waals surface area contributed by atoms with Gasteiger partial charge in [0.15, 0.2) is 5.96 Å². The number of nitrogens with zero attached hydrogens (tertiary/aromatic N) is 2. The minimum Gasteiger partial charge on any atom is -0.497 e. The second-order valence-electron chi connectivity index (χ2n) is 7.44. The molecule has 1 fully saturated rings. The van der Waals surface area contributed by atoms with E-state index in [1.165, 1.54) is 0 Å². The van der Waals surface area contributed by atoms with Gasteiger partial charge in [0.25, 0.3) is 0 Å². The Morgan fingerprint density at radius 2 is 1.94 bits per heavy atom. The summed E-state index contributed by atoms with van der Waals surface area (Å²) in [5.41, 5.74) is 1.82. The highest BCUT2D eigenvalue weighted by molar-refractivity contribution is 14.0. The minimum absolute atomic E-state index is 0. The first-order valence-electron chi connectivity index (χ1n) is 10.5. The van der Waals surface area contributed by atoms with Crippen molar-refractivity contribution in [3.05, 3.63) is 53.1 Å². The molecule has 1 heterocycles. The van der Waals surface area contributed by atoms with E-state index in [4.69, 9.17) is 21.1 Å². The summed E-state index contributed by atoms with van der Waals surface area (Å²) >= 11 is 6.13. The molecule has 0 bridgehead atoms. The van der Waals surface area contributed by atoms with Gasteiger partial charge < -0.3 is 30.1 Å². The number of hydrogen-bond acceptors (Lipinski definition) is 5. The molecule has 2 unspecified atom stereocenters. The van der Waals surface area contributed by atoms with Crippen LogP contribution in [-0.2, 0) is 0 Å². The van der Waals surface area contributed by atoms with Gasteiger partial charge in [0.2, 0.25) is 0 Å². The maximum Gasteiger partial charge on any atom is 0.191 e. The highest BCUT2D eigenvalue weighted by Gasteiger charge is 2.23. The van der Waals surface area contributed by atoms with Crippen molar-refractivity contribution < 1.29 is 14.6 Å². The zero-order valence-corrected chi connectivity index (χ0v) is 21.8. The van der Waals surface area contributed by atoms with Gasteiger partial charge in [0.1, 0.15) is 11.5 Å². The van der Waals surface area contributed by atoms with Crippen molar-refractivity contribution in [1.29, 1.82) is 0 Å². The highest BCUT2D eigenvalue weighted by Crippen LogP contribution is 2.27. The molecule has 0 aliphatic carbocycles. The van der Waals surface area contributed by atoms with Crippen molar-refractivity contribution in [1.82, 2.24) is 10.6 Å². The molecule has 0 saturated carbocycles. The smallest absolute Gasteiger partial charge is 0.191 e. The van der Waals surface area contributed by atoms with Gasteiger partial charge in [-0.25, -0.2) is 0 Å². The maximum absolute atomic E-state index is 10.7. The summed E-state index contributed by atoms with van der Waals surface area (Å²) in [6.07, 6.45) is 0.220. The number of nitrogens with one attached hydrogen (secondary N) is 2. The molecule has 0 radical (unpaired) electrons. The lowest BCUT2D eigenvalue weighted by Gasteiger charge is -2.21. The average molecular weight is 575 g/mol. The van der Waals surface area contributed by atoms with Crippen LogP contribution < -0.4 is 25.0 Å². The Labute approximate surface area is 212 Å². The molecule has 2 aromatic rings. The molecule has 1 aliphatic rings. The van der Waals surface area contributed by atoms with E-state index in [9.17, 15) is 5.11 Å². The van der Waals surface area contributed by atoms with Crippen LogP contribution >= 0.6 is 35.6 Å². The summed E-state index contributed by atoms with van der Waals surface area (Å²) in [6, 6.07) is 13.5. The lowest BCUT2D eigenvalue weighted by molar-refractivity contribution is 0.186. The van der Waals surface area contributed by atoms with Gasteiger partial charge in [-0.1, -0.05) is 17.7 Å². The van der Waals surface area contributed by atoms with Crippen molar-refractivity contribution in [2.24, 2.45) is 4.99 Å². The topological polar surface area (TPSA) is 78.4 Å². The predicted octanol–water partition coefficient (Wildman–Crippen LogP) is 3.84. The van der Waals surface area contributed by atoms with Crippen molar-refractivity contribution >= 4 is 47.2 Å². The van der Waals surface area contributed by atoms with Crippen LogP contribution in [0.15, 0.2) is 47.5 Å². The van der Waals surface area contributed by atoms with Gasteiger partial charge in [-0.2, -0.15) is 0 Å². The summed E-state index contributed by atoms with van der Waals surface area (Å²) in [4.78, 5) is 6.91. The van der Waals surface area contributed by atoms with Crippen LogP contribution in [0, 0.1) is 0 Å². The number of aliphatic hydroxyl groups is 1. The van der Waals surface area contributed by atoms with Gasteiger partial charge in [-0.15, -0.1) is 24.0 Å². The first-order chi connectivity index (χ1) is 15.0. The summed E-state index contributed by atoms with van der Waals surface area (Å²) in [5, 5.41) is 18.2. The molecule has 7 nitrogen and oxygen atoms in total. The monoisotopic (exact) mass is 574 g/mol. The Hall–Kier alpha value is -1.91. The molecule has 9 heteroatoms. The van der Waals surface area contributed by atoms with E-state index >= 15 is 0 Å². The molecule has 1 saturated heterocycles. The molecule has 3 N–H and O–H groups in total. The van der Waals surface area contributed by atoms with Crippen molar-refractivity contribution in [3.8, 4) is 11.5 Å². The third-order valence-electron chi connectivity index (χ3n) is 5.23. The van der Waals surface area contributed by atoms with E-state index < -0.39 is 6.10 Å². The average Bonchev–Trinajstić information content (AvgIpc) is 3.25. The lowest BCUT2D eigenvalue weighted by Crippen LogP contribution is -2.44. The van der Waals surface area contributed by atoms with Crippen LogP contribution in [0.2, 0.25) is 5.02 Å². The van der Waals surface area contributed by atoms with Crippen molar-refractivity contribution in [2.45, 2.75) is 25.5 Å². The van der Waals surface area contributed by atoms with Crippen LogP contribution in [0.3, 0.4) is 0 Å². The van der Waals surface area contributed by atoms with E-state index in [0.29, 0.717) is 23.0 Å². The van der Waals surface area contributed by atoms with E-state index in [1.807, 2.05) is 25.1 Å². The van der Waals surface area contributed by atoms with Gasteiger partial charge in [0, 0.05) is 42.5 Å². The number of rotatable bonds is 8. The van der Waals surface area contributed by atoms with Crippen molar-refractivity contribution in [2.75, 3.05) is 45.3 Å². The molecular weight excluding hydrogens is 543 g/mol. The summed E-state index contributed by atoms with van der Waals surface area (Å²) in [5.74, 6) is 1.96. The molecule has 2 aromatic carbocycles. The van der Waals surface area contributed by atoms with E-state index in [-0.39, 0.29) is 36.6 Å². The first-order valence-corrected chi connectivity index (χ1v) is 10.9. The van der Waals surface area contributed by atoms with Gasteiger partial charge in [0.05, 0.1) is 26.9 Å². The lowest BCUT2D eigenvalue weighted by atomic mass is 10.1. The standard InChI is InChI=1S/C23H31ClN4O3.HI/c1-4-25-23(26-14-22(29)16-10-20(30-2)13-21(11-16)31-3)27-18-8-9-28(15-18)19-7-5-6-17(24)12-19;/h5-7,10-13,18,22,29H,4,8-9,14-15H2,1-3H3,(H2,25,26,27);1H. The molecule has 2 atom stereocenters. The third-order valence-corrected chi connectivity index (χ3v) is 5.46. The summed E-state index contributed by atoms with van der Waals surface area (Å²) < 4.78 is 10.6. The number of ether oxygens (including phenoxy) is 2. The maximum atomic E-state index is 10.7. The van der Waals surface area contributed by atoms with Gasteiger partial charge in [-0.05, 0) is 49.2 Å². The molecule has 0 aromatic heterocycles. The van der Waals surface area contributed by atoms with Crippen LogP contribution in [0.25, 0.3) is 0 Å². The molecule has 3 rings (SSSR count). The first kappa shape index (κ1) is 26.3. The number of aliphatic hydroxyl groups excluding tert-OH is 1. The zero-order chi connectivity index (χ0) is 22.2. The van der Waals surface area contributed by atoms with E-state index in [1.54, 1.807) is 32.4 Å². The van der Waals surface area contributed by atoms with Crippen LogP contribution in [0.4, 0.5) is 5.69 Å². The number of halogens is 2. The van der Waals surface area contributed by atoms with Gasteiger partial charge in [-0.3, -0.25) is 4.99 Å². The fraction of sp³-hybridized carbons (Fsp3) is 0.435. The zero-order valence-electron chi connectivity index (χ0n) is 18.7. The Kier molecular flexibility index (Phi) is 10.7. The predicted molar refractivity (Wildman–Crippen MR) is 141 cm³/mol. The fourth-order valence-corrected chi connectivity index (χ4v) is 3.79. The quantitative estimate of drug-likeness (QED) is 0.253. The number of benzene rings is 2. The Morgan fingerprint density at radius 1 is 1.22 bits per heavy atom. The van der Waals surface area contributed by atoms with E-state index in [2.05, 4.69) is 26.6 Å². The minimum atomic E-state index is -0.772. The van der Waals surface area contributed by atoms with Crippen LogP contribution in [0.1, 0.15) is 25.0 Å². The summed E-state index contributed by atoms with van der Waals surface area (Å²) in [7, 11) is 3.18. The van der Waals surface area contributed by atoms with Gasteiger partial charge >= 0.3 is 0 Å². The molecule has 32 heavy (non-hydrogen) atoms. The SMILES string of the molecule is CCNC(=NCC(O)c1cc(OC)cc(OC)c1)NC1CCN(c2cccc(Cl)c2)C1.I. The number of hydrogen-bond donors (Lipinski definition) is 3. The Bertz CT molecular complexity index is 877. The Morgan fingerprint density at radius 3 is 2.56 bits per heavy atom. The van der Waals surface area contributed by atoms with Crippen LogP contribution in [0.5, 0.6) is 11.5 Å². The molecule has 176 valence electrons. The second-order valence-corrected chi connectivity index (χ2v) is 7.87. The highest BCUT2D eigenvalue weighted by atomic mass is 127. The van der Waals surface area contributed by atoms with E-state index in [0.717, 1.165) is 36.8 Å². The number of aliphatic imine (C=N–C) groups is 1. The third kappa shape index (κ3) is 7.31. The largest absolute Gasteiger partial charge is 0.497 e. The Balaban J connectivity index is 0.00000363.